The molecule has 1 heterocycles. The summed E-state index contributed by atoms with van der Waals surface area (Å²) in [4.78, 5) is 36.8. The van der Waals surface area contributed by atoms with E-state index in [9.17, 15) is 14.4 Å². The molecule has 0 bridgehead atoms. The maximum Gasteiger partial charge on any atom is 0.325 e. The van der Waals surface area contributed by atoms with Crippen LogP contribution in [0.1, 0.15) is 37.8 Å². The highest BCUT2D eigenvalue weighted by Gasteiger charge is 2.43. The average Bonchev–Trinajstić information content (AvgIpc) is 2.68. The van der Waals surface area contributed by atoms with Gasteiger partial charge in [-0.3, -0.25) is 14.5 Å². The molecular formula is C17H23N3O3. The summed E-state index contributed by atoms with van der Waals surface area (Å²) in [7, 11) is 0. The minimum absolute atomic E-state index is 0.0837. The highest BCUT2D eigenvalue weighted by molar-refractivity contribution is 6.06. The molecule has 6 heteroatoms. The van der Waals surface area contributed by atoms with Crippen LogP contribution in [0.5, 0.6) is 0 Å². The average molecular weight is 317 g/mol. The summed E-state index contributed by atoms with van der Waals surface area (Å²) in [5.74, 6) is -0.331. The van der Waals surface area contributed by atoms with Gasteiger partial charge in [0.05, 0.1) is 0 Å². The van der Waals surface area contributed by atoms with Crippen molar-refractivity contribution < 1.29 is 14.4 Å². The maximum atomic E-state index is 12.0. The summed E-state index contributed by atoms with van der Waals surface area (Å²) >= 11 is 0. The molecule has 1 aliphatic heterocycles. The second-order valence-corrected chi connectivity index (χ2v) is 6.32. The SMILES string of the molecule is Cc1ccccc1CNC(=O)CCCN1C(=O)NC(C)(C)C1=O. The van der Waals surface area contributed by atoms with Crippen molar-refractivity contribution in [3.05, 3.63) is 35.4 Å². The van der Waals surface area contributed by atoms with Crippen LogP contribution >= 0.6 is 0 Å². The first-order valence-corrected chi connectivity index (χ1v) is 7.76. The van der Waals surface area contributed by atoms with Gasteiger partial charge in [-0.15, -0.1) is 0 Å². The van der Waals surface area contributed by atoms with E-state index in [0.29, 0.717) is 13.0 Å². The lowest BCUT2D eigenvalue weighted by Crippen LogP contribution is -2.40. The van der Waals surface area contributed by atoms with Gasteiger partial charge in [0, 0.05) is 19.5 Å². The summed E-state index contributed by atoms with van der Waals surface area (Å²) in [5.41, 5.74) is 1.36. The topological polar surface area (TPSA) is 78.5 Å². The Morgan fingerprint density at radius 3 is 2.57 bits per heavy atom. The zero-order valence-electron chi connectivity index (χ0n) is 13.8. The molecule has 0 unspecified atom stereocenters. The van der Waals surface area contributed by atoms with Gasteiger partial charge in [-0.25, -0.2) is 4.79 Å². The number of carbonyl (C=O) groups is 3. The predicted molar refractivity (Wildman–Crippen MR) is 86.6 cm³/mol. The third kappa shape index (κ3) is 4.09. The molecule has 124 valence electrons. The Balaban J connectivity index is 1.74. The van der Waals surface area contributed by atoms with Crippen LogP contribution in [0.2, 0.25) is 0 Å². The minimum Gasteiger partial charge on any atom is -0.352 e. The van der Waals surface area contributed by atoms with E-state index in [0.717, 1.165) is 11.1 Å². The lowest BCUT2D eigenvalue weighted by Gasteiger charge is -2.15. The zero-order valence-corrected chi connectivity index (χ0v) is 13.8. The lowest BCUT2D eigenvalue weighted by atomic mass is 10.1. The van der Waals surface area contributed by atoms with Crippen molar-refractivity contribution >= 4 is 17.8 Å². The summed E-state index contributed by atoms with van der Waals surface area (Å²) < 4.78 is 0. The number of imide groups is 1. The molecule has 1 aromatic carbocycles. The Morgan fingerprint density at radius 1 is 1.26 bits per heavy atom. The van der Waals surface area contributed by atoms with Gasteiger partial charge in [0.2, 0.25) is 5.91 Å². The highest BCUT2D eigenvalue weighted by atomic mass is 16.2. The second kappa shape index (κ2) is 6.81. The number of rotatable bonds is 6. The molecule has 0 spiro atoms. The molecule has 0 saturated carbocycles. The van der Waals surface area contributed by atoms with Crippen molar-refractivity contribution in [2.75, 3.05) is 6.54 Å². The van der Waals surface area contributed by atoms with Crippen LogP contribution in [0.25, 0.3) is 0 Å². The molecule has 0 radical (unpaired) electrons. The van der Waals surface area contributed by atoms with Crippen LogP contribution in [0.3, 0.4) is 0 Å². The number of hydrogen-bond acceptors (Lipinski definition) is 3. The van der Waals surface area contributed by atoms with E-state index in [1.165, 1.54) is 4.90 Å². The Hall–Kier alpha value is -2.37. The van der Waals surface area contributed by atoms with Gasteiger partial charge in [0.15, 0.2) is 0 Å². The number of aryl methyl sites for hydroxylation is 1. The van der Waals surface area contributed by atoms with Crippen molar-refractivity contribution in [2.24, 2.45) is 0 Å². The number of nitrogens with one attached hydrogen (secondary N) is 2. The molecule has 1 aliphatic rings. The summed E-state index contributed by atoms with van der Waals surface area (Å²) in [5, 5.41) is 5.48. The predicted octanol–water partition coefficient (Wildman–Crippen LogP) is 1.72. The molecular weight excluding hydrogens is 294 g/mol. The first-order valence-electron chi connectivity index (χ1n) is 7.76. The number of amides is 4. The third-order valence-corrected chi connectivity index (χ3v) is 3.97. The number of urea groups is 1. The van der Waals surface area contributed by atoms with E-state index in [4.69, 9.17) is 0 Å². The van der Waals surface area contributed by atoms with Gasteiger partial charge in [-0.05, 0) is 38.3 Å². The fourth-order valence-electron chi connectivity index (χ4n) is 2.51. The number of hydrogen-bond donors (Lipinski definition) is 2. The van der Waals surface area contributed by atoms with Crippen molar-refractivity contribution in [3.63, 3.8) is 0 Å². The molecule has 1 saturated heterocycles. The monoisotopic (exact) mass is 317 g/mol. The molecule has 1 aromatic rings. The first-order chi connectivity index (χ1) is 10.8. The van der Waals surface area contributed by atoms with Crippen molar-refractivity contribution in [1.29, 1.82) is 0 Å². The van der Waals surface area contributed by atoms with Crippen molar-refractivity contribution in [2.45, 2.75) is 45.7 Å². The van der Waals surface area contributed by atoms with E-state index in [2.05, 4.69) is 10.6 Å². The van der Waals surface area contributed by atoms with Crippen LogP contribution in [0.15, 0.2) is 24.3 Å². The molecule has 0 aliphatic carbocycles. The Labute approximate surface area is 136 Å². The fourth-order valence-corrected chi connectivity index (χ4v) is 2.51. The quantitative estimate of drug-likeness (QED) is 0.784. The summed E-state index contributed by atoms with van der Waals surface area (Å²) in [6.45, 7) is 6.08. The summed E-state index contributed by atoms with van der Waals surface area (Å²) in [6.07, 6.45) is 0.734. The minimum atomic E-state index is -0.857. The molecule has 1 fully saturated rings. The molecule has 23 heavy (non-hydrogen) atoms. The van der Waals surface area contributed by atoms with Crippen LogP contribution in [0, 0.1) is 6.92 Å². The number of nitrogens with zero attached hydrogens (tertiary/aromatic N) is 1. The standard InChI is InChI=1S/C17H23N3O3/c1-12-7-4-5-8-13(12)11-18-14(21)9-6-10-20-15(22)17(2,3)19-16(20)23/h4-5,7-8H,6,9-11H2,1-3H3,(H,18,21)(H,19,23). The highest BCUT2D eigenvalue weighted by Crippen LogP contribution is 2.17. The van der Waals surface area contributed by atoms with E-state index in [1.54, 1.807) is 13.8 Å². The summed E-state index contributed by atoms with van der Waals surface area (Å²) in [6, 6.07) is 7.49. The van der Waals surface area contributed by atoms with Crippen molar-refractivity contribution in [3.8, 4) is 0 Å². The molecule has 0 atom stereocenters. The van der Waals surface area contributed by atoms with Gasteiger partial charge in [0.1, 0.15) is 5.54 Å². The van der Waals surface area contributed by atoms with Gasteiger partial charge in [0.25, 0.3) is 5.91 Å². The Kier molecular flexibility index (Phi) is 5.03. The molecule has 0 aromatic heterocycles. The van der Waals surface area contributed by atoms with E-state index in [1.807, 2.05) is 31.2 Å². The Morgan fingerprint density at radius 2 is 1.96 bits per heavy atom. The van der Waals surface area contributed by atoms with Crippen LogP contribution in [-0.4, -0.2) is 34.8 Å². The smallest absolute Gasteiger partial charge is 0.325 e. The third-order valence-electron chi connectivity index (χ3n) is 3.97. The largest absolute Gasteiger partial charge is 0.352 e. The first kappa shape index (κ1) is 17.0. The normalized spacial score (nSPS) is 16.4. The second-order valence-electron chi connectivity index (χ2n) is 6.32. The van der Waals surface area contributed by atoms with Gasteiger partial charge in [-0.2, -0.15) is 0 Å². The molecule has 6 nitrogen and oxygen atoms in total. The van der Waals surface area contributed by atoms with Gasteiger partial charge < -0.3 is 10.6 Å². The lowest BCUT2D eigenvalue weighted by molar-refractivity contribution is -0.130. The van der Waals surface area contributed by atoms with Gasteiger partial charge >= 0.3 is 6.03 Å². The van der Waals surface area contributed by atoms with E-state index >= 15 is 0 Å². The van der Waals surface area contributed by atoms with E-state index in [-0.39, 0.29) is 30.8 Å². The van der Waals surface area contributed by atoms with Crippen LogP contribution in [-0.2, 0) is 16.1 Å². The van der Waals surface area contributed by atoms with Crippen molar-refractivity contribution in [1.82, 2.24) is 15.5 Å². The molecule has 2 rings (SSSR count). The Bertz CT molecular complexity index is 625. The van der Waals surface area contributed by atoms with Gasteiger partial charge in [-0.1, -0.05) is 24.3 Å². The van der Waals surface area contributed by atoms with Crippen LogP contribution in [0.4, 0.5) is 4.79 Å². The van der Waals surface area contributed by atoms with Crippen LogP contribution < -0.4 is 10.6 Å². The fraction of sp³-hybridized carbons (Fsp3) is 0.471. The molecule has 2 N–H and O–H groups in total. The van der Waals surface area contributed by atoms with E-state index < -0.39 is 5.54 Å². The zero-order chi connectivity index (χ0) is 17.0. The number of carbonyl (C=O) groups excluding carboxylic acids is 3. The number of benzene rings is 1. The molecule has 4 amide bonds. The maximum absolute atomic E-state index is 12.0.